The van der Waals surface area contributed by atoms with E-state index < -0.39 is 6.10 Å². The highest BCUT2D eigenvalue weighted by atomic mass is 19.1. The Balaban J connectivity index is 0.00000187. The molecule has 0 spiro atoms. The number of H-pyrrole nitrogens is 1. The number of aliphatic hydroxyl groups is 1. The molecular weight excluding hydrogens is 421 g/mol. The molecule has 0 saturated heterocycles. The standard InChI is InChI=1S/C24H26FN3O3.C2H6/c1-28(16-18-4-11-23(30)27-14-18)24(31)20-5-2-17(3-6-20)12-13-26-15-22(29)19-7-9-21(25)10-8-19;1-2/h2-11,14,22,26,29H,12-13,15-16H2,1H3,(H,27,30);1-2H3. The van der Waals surface area contributed by atoms with Gasteiger partial charge in [0, 0.05) is 38.0 Å². The number of benzene rings is 2. The zero-order valence-corrected chi connectivity index (χ0v) is 19.3. The zero-order chi connectivity index (χ0) is 24.2. The minimum absolute atomic E-state index is 0.0988. The number of carbonyl (C=O) groups excluding carboxylic acids is 1. The van der Waals surface area contributed by atoms with Crippen LogP contribution in [0.2, 0.25) is 0 Å². The fourth-order valence-electron chi connectivity index (χ4n) is 3.20. The fourth-order valence-corrected chi connectivity index (χ4v) is 3.20. The first-order valence-electron chi connectivity index (χ1n) is 11.1. The number of nitrogens with zero attached hydrogens (tertiary/aromatic N) is 1. The number of aromatic amines is 1. The number of nitrogens with one attached hydrogen (secondary N) is 2. The van der Waals surface area contributed by atoms with Gasteiger partial charge in [0.15, 0.2) is 0 Å². The second kappa shape index (κ2) is 13.3. The van der Waals surface area contributed by atoms with Gasteiger partial charge in [-0.15, -0.1) is 0 Å². The molecule has 3 aromatic rings. The monoisotopic (exact) mass is 453 g/mol. The molecule has 6 nitrogen and oxygen atoms in total. The molecule has 0 fully saturated rings. The molecule has 0 radical (unpaired) electrons. The fraction of sp³-hybridized carbons (Fsp3) is 0.308. The molecule has 0 aliphatic rings. The Bertz CT molecular complexity index is 1030. The third-order valence-electron chi connectivity index (χ3n) is 5.00. The molecule has 1 aromatic heterocycles. The van der Waals surface area contributed by atoms with Crippen molar-refractivity contribution in [2.45, 2.75) is 32.9 Å². The van der Waals surface area contributed by atoms with Gasteiger partial charge in [-0.05, 0) is 53.9 Å². The lowest BCUT2D eigenvalue weighted by Crippen LogP contribution is -2.26. The Kier molecular flexibility index (Phi) is 10.5. The first kappa shape index (κ1) is 26.0. The smallest absolute Gasteiger partial charge is 0.253 e. The Morgan fingerprint density at radius 1 is 1.03 bits per heavy atom. The van der Waals surface area contributed by atoms with Gasteiger partial charge in [-0.1, -0.05) is 44.2 Å². The number of halogens is 1. The third kappa shape index (κ3) is 8.29. The zero-order valence-electron chi connectivity index (χ0n) is 19.3. The van der Waals surface area contributed by atoms with E-state index in [0.717, 1.165) is 17.5 Å². The number of carbonyl (C=O) groups is 1. The summed E-state index contributed by atoms with van der Waals surface area (Å²) in [6, 6.07) is 16.4. The molecule has 7 heteroatoms. The molecule has 33 heavy (non-hydrogen) atoms. The summed E-state index contributed by atoms with van der Waals surface area (Å²) in [6.45, 7) is 5.44. The van der Waals surface area contributed by atoms with Crippen LogP contribution in [0.5, 0.6) is 0 Å². The Labute approximate surface area is 194 Å². The highest BCUT2D eigenvalue weighted by molar-refractivity contribution is 5.94. The van der Waals surface area contributed by atoms with Crippen LogP contribution in [0, 0.1) is 5.82 Å². The summed E-state index contributed by atoms with van der Waals surface area (Å²) in [5.41, 5.74) is 3.01. The summed E-state index contributed by atoms with van der Waals surface area (Å²) in [5, 5.41) is 13.3. The van der Waals surface area contributed by atoms with Crippen LogP contribution in [0.4, 0.5) is 4.39 Å². The van der Waals surface area contributed by atoms with Crippen molar-refractivity contribution in [2.24, 2.45) is 0 Å². The van der Waals surface area contributed by atoms with Crippen LogP contribution in [0.15, 0.2) is 71.7 Å². The lowest BCUT2D eigenvalue weighted by atomic mass is 10.1. The summed E-state index contributed by atoms with van der Waals surface area (Å²) in [4.78, 5) is 27.9. The SMILES string of the molecule is CC.CN(Cc1ccc(=O)[nH]c1)C(=O)c1ccc(CCNCC(O)c2ccc(F)cc2)cc1. The van der Waals surface area contributed by atoms with Gasteiger partial charge in [0.2, 0.25) is 5.56 Å². The lowest BCUT2D eigenvalue weighted by Gasteiger charge is -2.17. The van der Waals surface area contributed by atoms with Crippen LogP contribution in [0.1, 0.15) is 47.0 Å². The van der Waals surface area contributed by atoms with E-state index >= 15 is 0 Å². The Hall–Kier alpha value is -3.29. The van der Waals surface area contributed by atoms with E-state index in [-0.39, 0.29) is 17.3 Å². The van der Waals surface area contributed by atoms with Gasteiger partial charge in [-0.3, -0.25) is 9.59 Å². The molecule has 0 aliphatic carbocycles. The van der Waals surface area contributed by atoms with Gasteiger partial charge in [0.05, 0.1) is 6.10 Å². The van der Waals surface area contributed by atoms with E-state index in [9.17, 15) is 19.1 Å². The van der Waals surface area contributed by atoms with Gasteiger partial charge < -0.3 is 20.3 Å². The van der Waals surface area contributed by atoms with Crippen molar-refractivity contribution in [1.29, 1.82) is 0 Å². The van der Waals surface area contributed by atoms with Crippen LogP contribution in [0.25, 0.3) is 0 Å². The summed E-state index contributed by atoms with van der Waals surface area (Å²) >= 11 is 0. The van der Waals surface area contributed by atoms with Crippen molar-refractivity contribution in [3.05, 3.63) is 105 Å². The number of hydrogen-bond acceptors (Lipinski definition) is 4. The van der Waals surface area contributed by atoms with E-state index in [0.29, 0.717) is 30.8 Å². The summed E-state index contributed by atoms with van der Waals surface area (Å²) < 4.78 is 12.9. The summed E-state index contributed by atoms with van der Waals surface area (Å²) in [7, 11) is 1.72. The summed E-state index contributed by atoms with van der Waals surface area (Å²) in [5.74, 6) is -0.424. The average molecular weight is 454 g/mol. The largest absolute Gasteiger partial charge is 0.387 e. The lowest BCUT2D eigenvalue weighted by molar-refractivity contribution is 0.0785. The molecule has 0 aliphatic heterocycles. The van der Waals surface area contributed by atoms with E-state index in [1.807, 2.05) is 26.0 Å². The third-order valence-corrected chi connectivity index (χ3v) is 5.00. The van der Waals surface area contributed by atoms with Gasteiger partial charge in [0.1, 0.15) is 5.82 Å². The number of aromatic nitrogens is 1. The van der Waals surface area contributed by atoms with Crippen molar-refractivity contribution in [2.75, 3.05) is 20.1 Å². The van der Waals surface area contributed by atoms with Gasteiger partial charge >= 0.3 is 0 Å². The summed E-state index contributed by atoms with van der Waals surface area (Å²) in [6.07, 6.45) is 1.66. The topological polar surface area (TPSA) is 85.4 Å². The van der Waals surface area contributed by atoms with E-state index in [2.05, 4.69) is 10.3 Å². The minimum atomic E-state index is -0.696. The quantitative estimate of drug-likeness (QED) is 0.432. The van der Waals surface area contributed by atoms with Crippen molar-refractivity contribution in [3.63, 3.8) is 0 Å². The molecule has 1 atom stereocenters. The van der Waals surface area contributed by atoms with Crippen LogP contribution in [-0.4, -0.2) is 41.0 Å². The van der Waals surface area contributed by atoms with Crippen molar-refractivity contribution in [3.8, 4) is 0 Å². The predicted molar refractivity (Wildman–Crippen MR) is 129 cm³/mol. The molecule has 0 saturated carbocycles. The maximum absolute atomic E-state index is 12.9. The first-order chi connectivity index (χ1) is 15.9. The molecular formula is C26H32FN3O3. The highest BCUT2D eigenvalue weighted by Crippen LogP contribution is 2.13. The molecule has 1 amide bonds. The molecule has 176 valence electrons. The van der Waals surface area contributed by atoms with E-state index in [4.69, 9.17) is 0 Å². The molecule has 1 unspecified atom stereocenters. The van der Waals surface area contributed by atoms with Crippen LogP contribution in [0.3, 0.4) is 0 Å². The number of rotatable bonds is 9. The second-order valence-electron chi connectivity index (χ2n) is 7.44. The van der Waals surface area contributed by atoms with E-state index in [1.54, 1.807) is 48.5 Å². The van der Waals surface area contributed by atoms with Crippen molar-refractivity contribution >= 4 is 5.91 Å². The Morgan fingerprint density at radius 2 is 1.67 bits per heavy atom. The van der Waals surface area contributed by atoms with Crippen LogP contribution >= 0.6 is 0 Å². The molecule has 2 aromatic carbocycles. The van der Waals surface area contributed by atoms with Gasteiger partial charge in [-0.2, -0.15) is 0 Å². The number of aliphatic hydroxyl groups excluding tert-OH is 1. The first-order valence-corrected chi connectivity index (χ1v) is 11.1. The van der Waals surface area contributed by atoms with Gasteiger partial charge in [0.25, 0.3) is 5.91 Å². The minimum Gasteiger partial charge on any atom is -0.387 e. The molecule has 3 N–H and O–H groups in total. The number of amides is 1. The predicted octanol–water partition coefficient (Wildman–Crippen LogP) is 3.68. The molecule has 1 heterocycles. The highest BCUT2D eigenvalue weighted by Gasteiger charge is 2.12. The normalized spacial score (nSPS) is 11.3. The van der Waals surface area contributed by atoms with Crippen LogP contribution < -0.4 is 10.9 Å². The molecule has 3 rings (SSSR count). The maximum atomic E-state index is 12.9. The van der Waals surface area contributed by atoms with Crippen LogP contribution in [-0.2, 0) is 13.0 Å². The number of pyridine rings is 1. The number of hydrogen-bond donors (Lipinski definition) is 3. The Morgan fingerprint density at radius 3 is 2.27 bits per heavy atom. The maximum Gasteiger partial charge on any atom is 0.253 e. The average Bonchev–Trinajstić information content (AvgIpc) is 2.84. The van der Waals surface area contributed by atoms with E-state index in [1.165, 1.54) is 18.2 Å². The van der Waals surface area contributed by atoms with Gasteiger partial charge in [-0.25, -0.2) is 4.39 Å². The second-order valence-corrected chi connectivity index (χ2v) is 7.44. The van der Waals surface area contributed by atoms with Crippen molar-refractivity contribution in [1.82, 2.24) is 15.2 Å². The molecule has 0 bridgehead atoms. The van der Waals surface area contributed by atoms with Crippen molar-refractivity contribution < 1.29 is 14.3 Å².